The largest absolute Gasteiger partial charge is 0.361 e. The zero-order valence-electron chi connectivity index (χ0n) is 14.7. The maximum atomic E-state index is 14.1. The molecule has 0 amide bonds. The summed E-state index contributed by atoms with van der Waals surface area (Å²) in [5.74, 6) is -0.209. The molecule has 0 aliphatic heterocycles. The van der Waals surface area contributed by atoms with Gasteiger partial charge in [-0.15, -0.1) is 10.2 Å². The van der Waals surface area contributed by atoms with Gasteiger partial charge in [0, 0.05) is 29.1 Å². The summed E-state index contributed by atoms with van der Waals surface area (Å²) < 4.78 is 16.1. The molecule has 0 fully saturated rings. The van der Waals surface area contributed by atoms with Gasteiger partial charge in [0.25, 0.3) is 0 Å². The van der Waals surface area contributed by atoms with Crippen molar-refractivity contribution in [2.45, 2.75) is 12.6 Å². The second kappa shape index (κ2) is 6.72. The first-order valence-corrected chi connectivity index (χ1v) is 8.49. The summed E-state index contributed by atoms with van der Waals surface area (Å²) in [7, 11) is 4.07. The first-order valence-electron chi connectivity index (χ1n) is 8.49. The summed E-state index contributed by atoms with van der Waals surface area (Å²) in [5.41, 5.74) is 3.68. The standard InChI is InChI=1S/C20H20FN5/c1-25(2)20(26-12-23-24-13-26)10-15-11-22-19-9-14(7-8-17(15)19)16-5-3-4-6-18(16)21/h3-9,11-13,20,22H,10H2,1-2H3. The molecule has 0 aliphatic rings. The topological polar surface area (TPSA) is 49.7 Å². The highest BCUT2D eigenvalue weighted by Crippen LogP contribution is 2.29. The van der Waals surface area contributed by atoms with E-state index in [0.717, 1.165) is 22.9 Å². The van der Waals surface area contributed by atoms with Gasteiger partial charge in [-0.2, -0.15) is 0 Å². The zero-order valence-corrected chi connectivity index (χ0v) is 14.7. The highest BCUT2D eigenvalue weighted by Gasteiger charge is 2.17. The highest BCUT2D eigenvalue weighted by atomic mass is 19.1. The first kappa shape index (κ1) is 16.5. The third kappa shape index (κ3) is 2.99. The summed E-state index contributed by atoms with van der Waals surface area (Å²) in [6.07, 6.45) is 6.42. The number of hydrogen-bond acceptors (Lipinski definition) is 3. The highest BCUT2D eigenvalue weighted by molar-refractivity contribution is 5.87. The van der Waals surface area contributed by atoms with Crippen LogP contribution in [-0.4, -0.2) is 38.7 Å². The van der Waals surface area contributed by atoms with Gasteiger partial charge in [0.2, 0.25) is 0 Å². The number of nitrogens with zero attached hydrogens (tertiary/aromatic N) is 4. The fraction of sp³-hybridized carbons (Fsp3) is 0.200. The molecule has 4 aromatic rings. The molecular weight excluding hydrogens is 329 g/mol. The van der Waals surface area contributed by atoms with E-state index in [2.05, 4.69) is 26.1 Å². The van der Waals surface area contributed by atoms with Crippen molar-refractivity contribution in [3.8, 4) is 11.1 Å². The van der Waals surface area contributed by atoms with Gasteiger partial charge < -0.3 is 9.55 Å². The molecule has 26 heavy (non-hydrogen) atoms. The monoisotopic (exact) mass is 349 g/mol. The van der Waals surface area contributed by atoms with E-state index in [1.807, 2.05) is 43.1 Å². The fourth-order valence-corrected chi connectivity index (χ4v) is 3.33. The molecule has 132 valence electrons. The van der Waals surface area contributed by atoms with E-state index in [1.54, 1.807) is 24.8 Å². The number of fused-ring (bicyclic) bond motifs is 1. The molecule has 0 saturated heterocycles. The van der Waals surface area contributed by atoms with Crippen molar-refractivity contribution in [3.05, 3.63) is 72.7 Å². The molecule has 4 rings (SSSR count). The van der Waals surface area contributed by atoms with Gasteiger partial charge in [0.15, 0.2) is 0 Å². The average Bonchev–Trinajstić information content (AvgIpc) is 3.29. The van der Waals surface area contributed by atoms with Crippen molar-refractivity contribution in [1.29, 1.82) is 0 Å². The molecule has 0 aliphatic carbocycles. The van der Waals surface area contributed by atoms with Crippen LogP contribution in [0.25, 0.3) is 22.0 Å². The van der Waals surface area contributed by atoms with E-state index >= 15 is 0 Å². The van der Waals surface area contributed by atoms with Crippen LogP contribution in [0.1, 0.15) is 11.7 Å². The minimum atomic E-state index is -0.209. The summed E-state index contributed by atoms with van der Waals surface area (Å²) in [4.78, 5) is 5.46. The number of nitrogens with one attached hydrogen (secondary N) is 1. The lowest BCUT2D eigenvalue weighted by Gasteiger charge is -2.24. The van der Waals surface area contributed by atoms with E-state index in [-0.39, 0.29) is 12.0 Å². The smallest absolute Gasteiger partial charge is 0.131 e. The number of H-pyrrole nitrogens is 1. The molecule has 1 unspecified atom stereocenters. The Bertz CT molecular complexity index is 1020. The number of hydrogen-bond donors (Lipinski definition) is 1. The van der Waals surface area contributed by atoms with Crippen LogP contribution in [-0.2, 0) is 6.42 Å². The van der Waals surface area contributed by atoms with Crippen molar-refractivity contribution in [1.82, 2.24) is 24.6 Å². The van der Waals surface area contributed by atoms with Crippen LogP contribution < -0.4 is 0 Å². The third-order valence-electron chi connectivity index (χ3n) is 4.73. The second-order valence-electron chi connectivity index (χ2n) is 6.61. The van der Waals surface area contributed by atoms with Crippen LogP contribution in [0, 0.1) is 5.82 Å². The molecule has 1 atom stereocenters. The van der Waals surface area contributed by atoms with E-state index in [9.17, 15) is 4.39 Å². The maximum absolute atomic E-state index is 14.1. The fourth-order valence-electron chi connectivity index (χ4n) is 3.33. The SMILES string of the molecule is CN(C)C(Cc1c[nH]c2cc(-c3ccccc3F)ccc12)n1cnnc1. The van der Waals surface area contributed by atoms with Crippen LogP contribution in [0.2, 0.25) is 0 Å². The number of aromatic amines is 1. The Balaban J connectivity index is 1.69. The average molecular weight is 349 g/mol. The molecule has 0 saturated carbocycles. The Morgan fingerprint density at radius 3 is 2.62 bits per heavy atom. The summed E-state index contributed by atoms with van der Waals surface area (Å²) in [6, 6.07) is 12.9. The van der Waals surface area contributed by atoms with Crippen molar-refractivity contribution < 1.29 is 4.39 Å². The van der Waals surface area contributed by atoms with Gasteiger partial charge in [-0.05, 0) is 37.4 Å². The van der Waals surface area contributed by atoms with Crippen molar-refractivity contribution in [2.24, 2.45) is 0 Å². The molecule has 0 spiro atoms. The first-order chi connectivity index (χ1) is 12.6. The van der Waals surface area contributed by atoms with Gasteiger partial charge in [0.05, 0.1) is 6.17 Å². The minimum Gasteiger partial charge on any atom is -0.361 e. The Morgan fingerprint density at radius 1 is 1.12 bits per heavy atom. The molecule has 2 aromatic heterocycles. The number of rotatable bonds is 5. The van der Waals surface area contributed by atoms with Crippen LogP contribution in [0.5, 0.6) is 0 Å². The van der Waals surface area contributed by atoms with Gasteiger partial charge in [0.1, 0.15) is 18.5 Å². The van der Waals surface area contributed by atoms with Crippen LogP contribution in [0.3, 0.4) is 0 Å². The van der Waals surface area contributed by atoms with Crippen LogP contribution in [0.4, 0.5) is 4.39 Å². The van der Waals surface area contributed by atoms with Crippen molar-refractivity contribution in [3.63, 3.8) is 0 Å². The zero-order chi connectivity index (χ0) is 18.1. The number of aromatic nitrogens is 4. The Hall–Kier alpha value is -2.99. The van der Waals surface area contributed by atoms with Gasteiger partial charge in [-0.25, -0.2) is 4.39 Å². The molecule has 5 nitrogen and oxygen atoms in total. The Labute approximate surface area is 151 Å². The van der Waals surface area contributed by atoms with E-state index < -0.39 is 0 Å². The molecule has 0 radical (unpaired) electrons. The second-order valence-corrected chi connectivity index (χ2v) is 6.61. The van der Waals surface area contributed by atoms with E-state index in [4.69, 9.17) is 0 Å². The normalized spacial score (nSPS) is 12.8. The van der Waals surface area contributed by atoms with Crippen LogP contribution in [0.15, 0.2) is 61.3 Å². The van der Waals surface area contributed by atoms with E-state index in [0.29, 0.717) is 5.56 Å². The number of likely N-dealkylation sites (N-methyl/N-ethyl adjacent to an activating group) is 1. The van der Waals surface area contributed by atoms with Gasteiger partial charge >= 0.3 is 0 Å². The van der Waals surface area contributed by atoms with Gasteiger partial charge in [-0.1, -0.05) is 30.3 Å². The quantitative estimate of drug-likeness (QED) is 0.595. The van der Waals surface area contributed by atoms with Crippen LogP contribution >= 0.6 is 0 Å². The summed E-state index contributed by atoms with van der Waals surface area (Å²) >= 11 is 0. The molecule has 6 heteroatoms. The lowest BCUT2D eigenvalue weighted by Crippen LogP contribution is -2.26. The lowest BCUT2D eigenvalue weighted by molar-refractivity contribution is 0.215. The predicted molar refractivity (Wildman–Crippen MR) is 100 cm³/mol. The minimum absolute atomic E-state index is 0.121. The van der Waals surface area contributed by atoms with E-state index in [1.165, 1.54) is 11.6 Å². The van der Waals surface area contributed by atoms with Gasteiger partial charge in [-0.3, -0.25) is 4.90 Å². The maximum Gasteiger partial charge on any atom is 0.131 e. The summed E-state index contributed by atoms with van der Waals surface area (Å²) in [5, 5.41) is 8.97. The predicted octanol–water partition coefficient (Wildman–Crippen LogP) is 3.87. The third-order valence-corrected chi connectivity index (χ3v) is 4.73. The number of benzene rings is 2. The molecular formula is C20H20FN5. The van der Waals surface area contributed by atoms with Crippen molar-refractivity contribution >= 4 is 10.9 Å². The molecule has 2 aromatic carbocycles. The Kier molecular flexibility index (Phi) is 4.26. The Morgan fingerprint density at radius 2 is 1.88 bits per heavy atom. The molecule has 1 N–H and O–H groups in total. The van der Waals surface area contributed by atoms with Crippen molar-refractivity contribution in [2.75, 3.05) is 14.1 Å². The molecule has 0 bridgehead atoms. The lowest BCUT2D eigenvalue weighted by atomic mass is 10.0. The molecule has 2 heterocycles. The summed E-state index contributed by atoms with van der Waals surface area (Å²) in [6.45, 7) is 0. The number of halogens is 1.